The van der Waals surface area contributed by atoms with Crippen LogP contribution in [0.5, 0.6) is 0 Å². The molecule has 106 valence electrons. The molecule has 0 saturated heterocycles. The molecule has 0 fully saturated rings. The van der Waals surface area contributed by atoms with E-state index in [2.05, 4.69) is 5.32 Å². The van der Waals surface area contributed by atoms with Gasteiger partial charge in [-0.3, -0.25) is 0 Å². The summed E-state index contributed by atoms with van der Waals surface area (Å²) in [6.07, 6.45) is 0.386. The molecular formula is C14H20FNO3. The molecule has 0 bridgehead atoms. The molecule has 0 amide bonds. The molecule has 19 heavy (non-hydrogen) atoms. The largest absolute Gasteiger partial charge is 0.464 e. The number of hydrogen-bond donors (Lipinski definition) is 1. The third-order valence-electron chi connectivity index (χ3n) is 2.82. The summed E-state index contributed by atoms with van der Waals surface area (Å²) in [6, 6.07) is 6.22. The minimum absolute atomic E-state index is 0.272. The fraction of sp³-hybridized carbons (Fsp3) is 0.500. The molecule has 1 unspecified atom stereocenters. The minimum atomic E-state index is -1.02. The van der Waals surface area contributed by atoms with Crippen LogP contribution in [0.3, 0.4) is 0 Å². The number of ether oxygens (including phenoxy) is 2. The first-order valence-electron chi connectivity index (χ1n) is 6.22. The van der Waals surface area contributed by atoms with Crippen molar-refractivity contribution in [1.82, 2.24) is 0 Å². The number of nitrogens with one attached hydrogen (secondary N) is 1. The maximum Gasteiger partial charge on any atom is 0.331 e. The lowest BCUT2D eigenvalue weighted by Crippen LogP contribution is -2.45. The van der Waals surface area contributed by atoms with Crippen molar-refractivity contribution in [3.05, 3.63) is 30.1 Å². The smallest absolute Gasteiger partial charge is 0.331 e. The summed E-state index contributed by atoms with van der Waals surface area (Å²) in [5, 5.41) is 2.91. The molecular weight excluding hydrogens is 249 g/mol. The normalized spacial score (nSPS) is 13.7. The zero-order chi connectivity index (χ0) is 14.3. The highest BCUT2D eigenvalue weighted by Gasteiger charge is 2.35. The number of halogens is 1. The van der Waals surface area contributed by atoms with E-state index in [0.29, 0.717) is 13.0 Å². The number of carbonyl (C=O) groups is 1. The highest BCUT2D eigenvalue weighted by Crippen LogP contribution is 2.22. The predicted molar refractivity (Wildman–Crippen MR) is 71.6 cm³/mol. The number of anilines is 1. The SMILES string of the molecule is CCOC(=O)C(C)(CCOC)Nc1ccccc1F. The summed E-state index contributed by atoms with van der Waals surface area (Å²) in [4.78, 5) is 12.0. The molecule has 0 aliphatic carbocycles. The third kappa shape index (κ3) is 4.21. The van der Waals surface area contributed by atoms with E-state index in [-0.39, 0.29) is 12.3 Å². The Kier molecular flexibility index (Phi) is 5.76. The van der Waals surface area contributed by atoms with E-state index in [1.807, 2.05) is 0 Å². The number of carbonyl (C=O) groups excluding carboxylic acids is 1. The molecule has 0 heterocycles. The van der Waals surface area contributed by atoms with Gasteiger partial charge in [0, 0.05) is 20.1 Å². The number of hydrogen-bond acceptors (Lipinski definition) is 4. The van der Waals surface area contributed by atoms with Crippen molar-refractivity contribution in [1.29, 1.82) is 0 Å². The van der Waals surface area contributed by atoms with Crippen LogP contribution in [0.2, 0.25) is 0 Å². The molecule has 1 aromatic carbocycles. The van der Waals surface area contributed by atoms with Crippen LogP contribution in [0.1, 0.15) is 20.3 Å². The average Bonchev–Trinajstić information content (AvgIpc) is 2.39. The van der Waals surface area contributed by atoms with E-state index in [4.69, 9.17) is 9.47 Å². The number of benzene rings is 1. The van der Waals surface area contributed by atoms with Crippen LogP contribution in [-0.2, 0) is 14.3 Å². The first kappa shape index (κ1) is 15.4. The van der Waals surface area contributed by atoms with Gasteiger partial charge in [0.05, 0.1) is 12.3 Å². The molecule has 5 heteroatoms. The molecule has 4 nitrogen and oxygen atoms in total. The molecule has 1 N–H and O–H groups in total. The van der Waals surface area contributed by atoms with Crippen LogP contribution in [0.15, 0.2) is 24.3 Å². The number of esters is 1. The molecule has 0 aromatic heterocycles. The number of rotatable bonds is 7. The van der Waals surface area contributed by atoms with Gasteiger partial charge < -0.3 is 14.8 Å². The van der Waals surface area contributed by atoms with Crippen molar-refractivity contribution in [3.63, 3.8) is 0 Å². The van der Waals surface area contributed by atoms with Crippen LogP contribution in [0.25, 0.3) is 0 Å². The number of para-hydroxylation sites is 1. The van der Waals surface area contributed by atoms with Gasteiger partial charge >= 0.3 is 5.97 Å². The van der Waals surface area contributed by atoms with Gasteiger partial charge in [-0.05, 0) is 26.0 Å². The molecule has 0 saturated carbocycles. The highest BCUT2D eigenvalue weighted by molar-refractivity contribution is 5.84. The maximum absolute atomic E-state index is 13.6. The second kappa shape index (κ2) is 7.09. The molecule has 1 atom stereocenters. The van der Waals surface area contributed by atoms with E-state index in [9.17, 15) is 9.18 Å². The molecule has 0 aliphatic rings. The lowest BCUT2D eigenvalue weighted by Gasteiger charge is -2.29. The Morgan fingerprint density at radius 3 is 2.68 bits per heavy atom. The summed E-state index contributed by atoms with van der Waals surface area (Å²) >= 11 is 0. The Hall–Kier alpha value is -1.62. The first-order valence-corrected chi connectivity index (χ1v) is 6.22. The van der Waals surface area contributed by atoms with Gasteiger partial charge in [-0.2, -0.15) is 0 Å². The van der Waals surface area contributed by atoms with Crippen molar-refractivity contribution in [2.75, 3.05) is 25.6 Å². The maximum atomic E-state index is 13.6. The summed E-state index contributed by atoms with van der Waals surface area (Å²) in [5.41, 5.74) is -0.747. The Labute approximate surface area is 112 Å². The summed E-state index contributed by atoms with van der Waals surface area (Å²) in [6.45, 7) is 4.06. The Morgan fingerprint density at radius 2 is 2.11 bits per heavy atom. The van der Waals surface area contributed by atoms with Crippen LogP contribution >= 0.6 is 0 Å². The van der Waals surface area contributed by atoms with Crippen LogP contribution < -0.4 is 5.32 Å². The van der Waals surface area contributed by atoms with Crippen molar-refractivity contribution in [3.8, 4) is 0 Å². The van der Waals surface area contributed by atoms with E-state index in [1.54, 1.807) is 39.2 Å². The van der Waals surface area contributed by atoms with Crippen molar-refractivity contribution >= 4 is 11.7 Å². The molecule has 1 rings (SSSR count). The Morgan fingerprint density at radius 1 is 1.42 bits per heavy atom. The minimum Gasteiger partial charge on any atom is -0.464 e. The van der Waals surface area contributed by atoms with Crippen molar-refractivity contribution in [2.24, 2.45) is 0 Å². The van der Waals surface area contributed by atoms with Gasteiger partial charge in [-0.1, -0.05) is 12.1 Å². The predicted octanol–water partition coefficient (Wildman–Crippen LogP) is 2.60. The van der Waals surface area contributed by atoms with Gasteiger partial charge in [0.15, 0.2) is 0 Å². The van der Waals surface area contributed by atoms with Gasteiger partial charge in [0.25, 0.3) is 0 Å². The third-order valence-corrected chi connectivity index (χ3v) is 2.82. The molecule has 0 aliphatic heterocycles. The highest BCUT2D eigenvalue weighted by atomic mass is 19.1. The monoisotopic (exact) mass is 269 g/mol. The molecule has 1 aromatic rings. The van der Waals surface area contributed by atoms with E-state index >= 15 is 0 Å². The fourth-order valence-corrected chi connectivity index (χ4v) is 1.67. The van der Waals surface area contributed by atoms with E-state index in [0.717, 1.165) is 0 Å². The van der Waals surface area contributed by atoms with E-state index in [1.165, 1.54) is 6.07 Å². The van der Waals surface area contributed by atoms with E-state index < -0.39 is 17.3 Å². The quantitative estimate of drug-likeness (QED) is 0.773. The van der Waals surface area contributed by atoms with Crippen molar-refractivity contribution < 1.29 is 18.7 Å². The Balaban J connectivity index is 2.91. The second-order valence-corrected chi connectivity index (χ2v) is 4.40. The first-order chi connectivity index (χ1) is 9.03. The Bertz CT molecular complexity index is 425. The summed E-state index contributed by atoms with van der Waals surface area (Å²) in [5.74, 6) is -0.828. The molecule has 0 spiro atoms. The van der Waals surface area contributed by atoms with Crippen LogP contribution in [0, 0.1) is 5.82 Å². The zero-order valence-corrected chi connectivity index (χ0v) is 11.5. The zero-order valence-electron chi connectivity index (χ0n) is 11.5. The lowest BCUT2D eigenvalue weighted by atomic mass is 9.97. The number of methoxy groups -OCH3 is 1. The lowest BCUT2D eigenvalue weighted by molar-refractivity contribution is -0.148. The molecule has 0 radical (unpaired) electrons. The fourth-order valence-electron chi connectivity index (χ4n) is 1.67. The standard InChI is InChI=1S/C14H20FNO3/c1-4-19-13(17)14(2,9-10-18-3)16-12-8-6-5-7-11(12)15/h5-8,16H,4,9-10H2,1-3H3. The van der Waals surface area contributed by atoms with Crippen molar-refractivity contribution in [2.45, 2.75) is 25.8 Å². The van der Waals surface area contributed by atoms with Gasteiger partial charge in [0.1, 0.15) is 11.4 Å². The van der Waals surface area contributed by atoms with Gasteiger partial charge in [-0.25, -0.2) is 9.18 Å². The van der Waals surface area contributed by atoms with Crippen LogP contribution in [-0.4, -0.2) is 31.8 Å². The second-order valence-electron chi connectivity index (χ2n) is 4.40. The van der Waals surface area contributed by atoms with Gasteiger partial charge in [-0.15, -0.1) is 0 Å². The van der Waals surface area contributed by atoms with Crippen LogP contribution in [0.4, 0.5) is 10.1 Å². The topological polar surface area (TPSA) is 47.6 Å². The average molecular weight is 269 g/mol. The summed E-state index contributed by atoms with van der Waals surface area (Å²) in [7, 11) is 1.55. The van der Waals surface area contributed by atoms with Gasteiger partial charge in [0.2, 0.25) is 0 Å². The summed E-state index contributed by atoms with van der Waals surface area (Å²) < 4.78 is 23.7.